The first-order chi connectivity index (χ1) is 8.66. The molecule has 0 heterocycles. The molecule has 2 atom stereocenters. The third kappa shape index (κ3) is 3.22. The lowest BCUT2D eigenvalue weighted by atomic mass is 9.80. The van der Waals surface area contributed by atoms with E-state index in [-0.39, 0.29) is 10.6 Å². The summed E-state index contributed by atoms with van der Waals surface area (Å²) in [6, 6.07) is 6.66. The van der Waals surface area contributed by atoms with Crippen LogP contribution in [-0.4, -0.2) is 11.5 Å². The van der Waals surface area contributed by atoms with Crippen molar-refractivity contribution in [2.45, 2.75) is 32.6 Å². The second kappa shape index (κ2) is 5.85. The molecule has 1 saturated carbocycles. The van der Waals surface area contributed by atoms with Crippen molar-refractivity contribution in [3.63, 3.8) is 0 Å². The predicted molar refractivity (Wildman–Crippen MR) is 72.7 cm³/mol. The van der Waals surface area contributed by atoms with E-state index in [4.69, 9.17) is 0 Å². The third-order valence-corrected chi connectivity index (χ3v) is 3.94. The van der Waals surface area contributed by atoms with Gasteiger partial charge in [-0.2, -0.15) is 0 Å². The van der Waals surface area contributed by atoms with Gasteiger partial charge in [-0.15, -0.1) is 0 Å². The number of nitro benzene ring substituents is 1. The Kier molecular flexibility index (Phi) is 4.18. The number of benzene rings is 1. The Bertz CT molecular complexity index is 403. The minimum atomic E-state index is -0.368. The van der Waals surface area contributed by atoms with Gasteiger partial charge >= 0.3 is 0 Å². The van der Waals surface area contributed by atoms with Gasteiger partial charge in [0, 0.05) is 24.4 Å². The summed E-state index contributed by atoms with van der Waals surface area (Å²) >= 11 is 0. The molecule has 2 unspecified atom stereocenters. The molecule has 0 aromatic heterocycles. The van der Waals surface area contributed by atoms with Crippen molar-refractivity contribution < 1.29 is 4.92 Å². The zero-order chi connectivity index (χ0) is 13.0. The summed E-state index contributed by atoms with van der Waals surface area (Å²) < 4.78 is 0. The van der Waals surface area contributed by atoms with Crippen LogP contribution in [-0.2, 0) is 0 Å². The van der Waals surface area contributed by atoms with Gasteiger partial charge in [-0.25, -0.2) is 0 Å². The van der Waals surface area contributed by atoms with Crippen molar-refractivity contribution in [2.24, 2.45) is 11.8 Å². The first-order valence-electron chi connectivity index (χ1n) is 6.65. The Morgan fingerprint density at radius 3 is 2.56 bits per heavy atom. The number of non-ortho nitro benzene ring substituents is 1. The molecule has 1 aromatic carbocycles. The van der Waals surface area contributed by atoms with Crippen molar-refractivity contribution in [3.8, 4) is 0 Å². The molecule has 1 aliphatic rings. The van der Waals surface area contributed by atoms with Crippen molar-refractivity contribution >= 4 is 11.4 Å². The van der Waals surface area contributed by atoms with Crippen LogP contribution in [0.3, 0.4) is 0 Å². The number of nitrogens with zero attached hydrogens (tertiary/aromatic N) is 1. The second-order valence-corrected chi connectivity index (χ2v) is 5.21. The van der Waals surface area contributed by atoms with Crippen molar-refractivity contribution in [2.75, 3.05) is 11.9 Å². The standard InChI is InChI=1S/C14H20N2O2/c1-11-4-2-3-5-12(11)10-15-13-6-8-14(9-7-13)16(17)18/h6-9,11-12,15H,2-5,10H2,1H3. The SMILES string of the molecule is CC1CCCCC1CNc1ccc([N+](=O)[O-])cc1. The highest BCUT2D eigenvalue weighted by Gasteiger charge is 2.20. The molecule has 4 heteroatoms. The van der Waals surface area contributed by atoms with Crippen molar-refractivity contribution in [1.82, 2.24) is 0 Å². The van der Waals surface area contributed by atoms with E-state index < -0.39 is 0 Å². The fraction of sp³-hybridized carbons (Fsp3) is 0.571. The number of rotatable bonds is 4. The molecule has 98 valence electrons. The Labute approximate surface area is 108 Å². The van der Waals surface area contributed by atoms with Crippen LogP contribution >= 0.6 is 0 Å². The molecule has 18 heavy (non-hydrogen) atoms. The molecule has 0 saturated heterocycles. The quantitative estimate of drug-likeness (QED) is 0.650. The molecule has 0 bridgehead atoms. The summed E-state index contributed by atoms with van der Waals surface area (Å²) in [4.78, 5) is 10.2. The van der Waals surface area contributed by atoms with Crippen LogP contribution < -0.4 is 5.32 Å². The Morgan fingerprint density at radius 1 is 1.28 bits per heavy atom. The van der Waals surface area contributed by atoms with Gasteiger partial charge in [0.25, 0.3) is 5.69 Å². The number of hydrogen-bond acceptors (Lipinski definition) is 3. The lowest BCUT2D eigenvalue weighted by Crippen LogP contribution is -2.24. The van der Waals surface area contributed by atoms with Gasteiger partial charge in [0.2, 0.25) is 0 Å². The predicted octanol–water partition coefficient (Wildman–Crippen LogP) is 3.83. The van der Waals surface area contributed by atoms with E-state index >= 15 is 0 Å². The normalized spacial score (nSPS) is 23.6. The minimum absolute atomic E-state index is 0.145. The van der Waals surface area contributed by atoms with E-state index in [1.165, 1.54) is 25.7 Å². The summed E-state index contributed by atoms with van der Waals surface area (Å²) in [5.74, 6) is 1.51. The second-order valence-electron chi connectivity index (χ2n) is 5.21. The highest BCUT2D eigenvalue weighted by Crippen LogP contribution is 2.29. The summed E-state index contributed by atoms with van der Waals surface area (Å²) in [6.07, 6.45) is 5.31. The van der Waals surface area contributed by atoms with Crippen LogP contribution in [0.25, 0.3) is 0 Å². The van der Waals surface area contributed by atoms with Crippen LogP contribution in [0.5, 0.6) is 0 Å². The largest absolute Gasteiger partial charge is 0.385 e. The summed E-state index contributed by atoms with van der Waals surface area (Å²) in [6.45, 7) is 3.29. The van der Waals surface area contributed by atoms with E-state index in [0.29, 0.717) is 0 Å². The lowest BCUT2D eigenvalue weighted by Gasteiger charge is -2.29. The molecular weight excluding hydrogens is 228 g/mol. The Hall–Kier alpha value is -1.58. The average Bonchev–Trinajstić information content (AvgIpc) is 2.38. The minimum Gasteiger partial charge on any atom is -0.385 e. The summed E-state index contributed by atoms with van der Waals surface area (Å²) in [5, 5.41) is 13.9. The van der Waals surface area contributed by atoms with E-state index in [0.717, 1.165) is 24.1 Å². The third-order valence-electron chi connectivity index (χ3n) is 3.94. The molecule has 0 spiro atoms. The summed E-state index contributed by atoms with van der Waals surface area (Å²) in [7, 11) is 0. The highest BCUT2D eigenvalue weighted by atomic mass is 16.6. The maximum atomic E-state index is 10.5. The molecule has 2 rings (SSSR count). The summed E-state index contributed by atoms with van der Waals surface area (Å²) in [5.41, 5.74) is 1.12. The van der Waals surface area contributed by atoms with Crippen LogP contribution in [0.15, 0.2) is 24.3 Å². The molecule has 1 aliphatic carbocycles. The number of nitrogens with one attached hydrogen (secondary N) is 1. The molecule has 1 N–H and O–H groups in total. The lowest BCUT2D eigenvalue weighted by molar-refractivity contribution is -0.384. The number of hydrogen-bond donors (Lipinski definition) is 1. The molecule has 1 fully saturated rings. The molecule has 4 nitrogen and oxygen atoms in total. The van der Waals surface area contributed by atoms with Gasteiger partial charge < -0.3 is 5.32 Å². The van der Waals surface area contributed by atoms with Crippen molar-refractivity contribution in [3.05, 3.63) is 34.4 Å². The van der Waals surface area contributed by atoms with E-state index in [1.54, 1.807) is 24.3 Å². The first kappa shape index (κ1) is 12.9. The number of anilines is 1. The van der Waals surface area contributed by atoms with Gasteiger partial charge in [0.05, 0.1) is 4.92 Å². The zero-order valence-corrected chi connectivity index (χ0v) is 10.8. The van der Waals surface area contributed by atoms with E-state index in [1.807, 2.05) is 0 Å². The first-order valence-corrected chi connectivity index (χ1v) is 6.65. The van der Waals surface area contributed by atoms with E-state index in [9.17, 15) is 10.1 Å². The monoisotopic (exact) mass is 248 g/mol. The molecule has 0 radical (unpaired) electrons. The maximum absolute atomic E-state index is 10.5. The van der Waals surface area contributed by atoms with Crippen LogP contribution in [0.1, 0.15) is 32.6 Å². The van der Waals surface area contributed by atoms with Crippen LogP contribution in [0.2, 0.25) is 0 Å². The van der Waals surface area contributed by atoms with Crippen molar-refractivity contribution in [1.29, 1.82) is 0 Å². The fourth-order valence-electron chi connectivity index (χ4n) is 2.65. The topological polar surface area (TPSA) is 55.2 Å². The van der Waals surface area contributed by atoms with Gasteiger partial charge in [-0.05, 0) is 30.4 Å². The Morgan fingerprint density at radius 2 is 1.94 bits per heavy atom. The molecule has 1 aromatic rings. The smallest absolute Gasteiger partial charge is 0.269 e. The number of nitro groups is 1. The average molecular weight is 248 g/mol. The highest BCUT2D eigenvalue weighted by molar-refractivity contribution is 5.48. The molecule has 0 amide bonds. The van der Waals surface area contributed by atoms with Gasteiger partial charge in [0.15, 0.2) is 0 Å². The molecule has 0 aliphatic heterocycles. The van der Waals surface area contributed by atoms with Gasteiger partial charge in [-0.3, -0.25) is 10.1 Å². The molecular formula is C14H20N2O2. The van der Waals surface area contributed by atoms with E-state index in [2.05, 4.69) is 12.2 Å². The Balaban J connectivity index is 1.87. The van der Waals surface area contributed by atoms with Gasteiger partial charge in [0.1, 0.15) is 0 Å². The fourth-order valence-corrected chi connectivity index (χ4v) is 2.65. The van der Waals surface area contributed by atoms with Crippen LogP contribution in [0.4, 0.5) is 11.4 Å². The van der Waals surface area contributed by atoms with Gasteiger partial charge in [-0.1, -0.05) is 26.2 Å². The van der Waals surface area contributed by atoms with Crippen LogP contribution in [0, 0.1) is 22.0 Å². The zero-order valence-electron chi connectivity index (χ0n) is 10.8. The maximum Gasteiger partial charge on any atom is 0.269 e.